The Morgan fingerprint density at radius 1 is 1.35 bits per heavy atom. The van der Waals surface area contributed by atoms with Crippen LogP contribution in [0.2, 0.25) is 0 Å². The number of fused-ring (bicyclic) bond motifs is 1. The molecular weight excluding hydrogens is 361 g/mol. The zero-order valence-corrected chi connectivity index (χ0v) is 15.4. The van der Waals surface area contributed by atoms with E-state index in [9.17, 15) is 14.0 Å². The highest BCUT2D eigenvalue weighted by atomic mass is 35.5. The molecule has 2 unspecified atom stereocenters. The van der Waals surface area contributed by atoms with Crippen LogP contribution in [0.1, 0.15) is 30.4 Å². The van der Waals surface area contributed by atoms with Crippen LogP contribution in [0.4, 0.5) is 4.39 Å². The highest BCUT2D eigenvalue weighted by molar-refractivity contribution is 6.38. The summed E-state index contributed by atoms with van der Waals surface area (Å²) in [6.07, 6.45) is 2.17. The fourth-order valence-corrected chi connectivity index (χ4v) is 4.98. The first-order chi connectivity index (χ1) is 12.4. The minimum atomic E-state index is -1.01. The smallest absolute Gasteiger partial charge is 0.328 e. The third-order valence-corrected chi connectivity index (χ3v) is 6.85. The highest BCUT2D eigenvalue weighted by Crippen LogP contribution is 2.67. The number of alkyl halides is 1. The third-order valence-electron chi connectivity index (χ3n) is 6.15. The minimum absolute atomic E-state index is 0.101. The lowest BCUT2D eigenvalue weighted by Crippen LogP contribution is -2.53. The Morgan fingerprint density at radius 3 is 2.77 bits per heavy atom. The molecule has 7 heteroatoms. The number of ether oxygens (including phenoxy) is 2. The van der Waals surface area contributed by atoms with E-state index in [-0.39, 0.29) is 30.1 Å². The highest BCUT2D eigenvalue weighted by Gasteiger charge is 2.72. The Balaban J connectivity index is 1.65. The summed E-state index contributed by atoms with van der Waals surface area (Å²) in [7, 11) is 1.27. The fraction of sp³-hybridized carbons (Fsp3) is 0.579. The van der Waals surface area contributed by atoms with Gasteiger partial charge in [0.25, 0.3) is 0 Å². The van der Waals surface area contributed by atoms with Crippen molar-refractivity contribution in [2.24, 2.45) is 5.41 Å². The van der Waals surface area contributed by atoms with Crippen LogP contribution in [0.3, 0.4) is 0 Å². The van der Waals surface area contributed by atoms with Crippen LogP contribution in [-0.2, 0) is 32.0 Å². The van der Waals surface area contributed by atoms with E-state index in [4.69, 9.17) is 21.1 Å². The van der Waals surface area contributed by atoms with Gasteiger partial charge in [-0.25, -0.2) is 9.18 Å². The van der Waals surface area contributed by atoms with E-state index in [0.29, 0.717) is 30.8 Å². The molecule has 3 aliphatic rings. The van der Waals surface area contributed by atoms with E-state index in [0.717, 1.165) is 12.8 Å². The van der Waals surface area contributed by atoms with Crippen LogP contribution in [-0.4, -0.2) is 48.0 Å². The second-order valence-electron chi connectivity index (χ2n) is 7.42. The van der Waals surface area contributed by atoms with Gasteiger partial charge < -0.3 is 14.4 Å². The van der Waals surface area contributed by atoms with Crippen molar-refractivity contribution < 1.29 is 23.5 Å². The standard InChI is InChI=1S/C19H21ClFNO4/c1-25-16(23)15-9-13-12(3-2-4-14(13)21)10-22(15)17(24)19(20)11-18(19)5-7-26-8-6-18/h2-4,15H,5-11H2,1H3. The SMILES string of the molecule is COC(=O)C1Cc2c(F)cccc2CN1C(=O)C1(Cl)CC12CCOCC2. The summed E-state index contributed by atoms with van der Waals surface area (Å²) in [4.78, 5) is 26.1. The number of hydrogen-bond donors (Lipinski definition) is 0. The fourth-order valence-electron chi connectivity index (χ4n) is 4.42. The van der Waals surface area contributed by atoms with Crippen molar-refractivity contribution in [3.63, 3.8) is 0 Å². The van der Waals surface area contributed by atoms with Gasteiger partial charge in [-0.2, -0.15) is 0 Å². The summed E-state index contributed by atoms with van der Waals surface area (Å²) in [5.41, 5.74) is 0.917. The van der Waals surface area contributed by atoms with Crippen LogP contribution in [0.15, 0.2) is 18.2 Å². The molecule has 5 nitrogen and oxygen atoms in total. The van der Waals surface area contributed by atoms with Gasteiger partial charge in [0.2, 0.25) is 5.91 Å². The van der Waals surface area contributed by atoms with Gasteiger partial charge in [-0.15, -0.1) is 11.6 Å². The topological polar surface area (TPSA) is 55.8 Å². The lowest BCUT2D eigenvalue weighted by atomic mass is 9.90. The quantitative estimate of drug-likeness (QED) is 0.583. The zero-order valence-electron chi connectivity index (χ0n) is 14.6. The average molecular weight is 382 g/mol. The summed E-state index contributed by atoms with van der Waals surface area (Å²) in [5, 5.41) is 0. The normalized spacial score (nSPS) is 29.2. The first-order valence-corrected chi connectivity index (χ1v) is 9.21. The molecule has 1 saturated heterocycles. The summed E-state index contributed by atoms with van der Waals surface area (Å²) in [6, 6.07) is 3.91. The van der Waals surface area contributed by atoms with Crippen LogP contribution in [0.25, 0.3) is 0 Å². The Bertz CT molecular complexity index is 764. The molecule has 2 aliphatic heterocycles. The zero-order chi connectivity index (χ0) is 18.5. The Morgan fingerprint density at radius 2 is 2.08 bits per heavy atom. The van der Waals surface area contributed by atoms with E-state index in [1.807, 2.05) is 0 Å². The first-order valence-electron chi connectivity index (χ1n) is 8.84. The molecule has 1 spiro atoms. The molecule has 0 radical (unpaired) electrons. The van der Waals surface area contributed by atoms with Crippen molar-refractivity contribution in [2.75, 3.05) is 20.3 Å². The molecule has 2 fully saturated rings. The van der Waals surface area contributed by atoms with Gasteiger partial charge in [-0.3, -0.25) is 4.79 Å². The van der Waals surface area contributed by atoms with E-state index in [1.165, 1.54) is 18.1 Å². The van der Waals surface area contributed by atoms with Crippen LogP contribution >= 0.6 is 11.6 Å². The average Bonchev–Trinajstić information content (AvgIpc) is 3.24. The second kappa shape index (κ2) is 6.20. The molecule has 0 bridgehead atoms. The number of hydrogen-bond acceptors (Lipinski definition) is 4. The van der Waals surface area contributed by atoms with Crippen LogP contribution < -0.4 is 0 Å². The van der Waals surface area contributed by atoms with Crippen molar-refractivity contribution >= 4 is 23.5 Å². The number of methoxy groups -OCH3 is 1. The third kappa shape index (κ3) is 2.54. The van der Waals surface area contributed by atoms with Gasteiger partial charge in [0.1, 0.15) is 16.7 Å². The molecule has 140 valence electrons. The summed E-state index contributed by atoms with van der Waals surface area (Å²) in [5.74, 6) is -1.17. The van der Waals surface area contributed by atoms with Crippen molar-refractivity contribution in [3.05, 3.63) is 35.1 Å². The number of amides is 1. The molecular formula is C19H21ClFNO4. The molecule has 26 heavy (non-hydrogen) atoms. The number of nitrogens with zero attached hydrogens (tertiary/aromatic N) is 1. The van der Waals surface area contributed by atoms with E-state index in [1.54, 1.807) is 12.1 Å². The number of esters is 1. The molecule has 0 N–H and O–H groups in total. The minimum Gasteiger partial charge on any atom is -0.467 e. The van der Waals surface area contributed by atoms with Gasteiger partial charge in [0, 0.05) is 31.6 Å². The molecule has 0 aromatic heterocycles. The number of rotatable bonds is 2. The van der Waals surface area contributed by atoms with Gasteiger partial charge in [0.05, 0.1) is 7.11 Å². The van der Waals surface area contributed by atoms with Gasteiger partial charge in [-0.05, 0) is 36.5 Å². The number of carbonyl (C=O) groups is 2. The van der Waals surface area contributed by atoms with Gasteiger partial charge in [-0.1, -0.05) is 12.1 Å². The Hall–Kier alpha value is -1.66. The van der Waals surface area contributed by atoms with Crippen molar-refractivity contribution in [3.8, 4) is 0 Å². The Kier molecular flexibility index (Phi) is 4.23. The molecule has 1 aliphatic carbocycles. The first kappa shape index (κ1) is 17.7. The number of halogens is 2. The maximum atomic E-state index is 14.2. The van der Waals surface area contributed by atoms with E-state index >= 15 is 0 Å². The molecule has 1 saturated carbocycles. The maximum Gasteiger partial charge on any atom is 0.328 e. The lowest BCUT2D eigenvalue weighted by molar-refractivity contribution is -0.154. The Labute approximate surface area is 156 Å². The van der Waals surface area contributed by atoms with Crippen molar-refractivity contribution in [1.82, 2.24) is 4.90 Å². The van der Waals surface area contributed by atoms with E-state index in [2.05, 4.69) is 0 Å². The van der Waals surface area contributed by atoms with Gasteiger partial charge in [0.15, 0.2) is 0 Å². The summed E-state index contributed by atoms with van der Waals surface area (Å²) >= 11 is 6.76. The van der Waals surface area contributed by atoms with E-state index < -0.39 is 16.9 Å². The number of carbonyl (C=O) groups excluding carboxylic acids is 2. The molecule has 4 rings (SSSR count). The summed E-state index contributed by atoms with van der Waals surface area (Å²) in [6.45, 7) is 1.35. The molecule has 1 amide bonds. The molecule has 1 aromatic carbocycles. The molecule has 2 heterocycles. The maximum absolute atomic E-state index is 14.2. The summed E-state index contributed by atoms with van der Waals surface area (Å²) < 4.78 is 24.5. The lowest BCUT2D eigenvalue weighted by Gasteiger charge is -2.37. The largest absolute Gasteiger partial charge is 0.467 e. The van der Waals surface area contributed by atoms with Crippen LogP contribution in [0, 0.1) is 11.2 Å². The number of benzene rings is 1. The predicted octanol–water partition coefficient (Wildman–Crippen LogP) is 2.43. The second-order valence-corrected chi connectivity index (χ2v) is 8.07. The van der Waals surface area contributed by atoms with Crippen LogP contribution in [0.5, 0.6) is 0 Å². The van der Waals surface area contributed by atoms with Crippen molar-refractivity contribution in [1.29, 1.82) is 0 Å². The monoisotopic (exact) mass is 381 g/mol. The van der Waals surface area contributed by atoms with Crippen molar-refractivity contribution in [2.45, 2.75) is 43.1 Å². The van der Waals surface area contributed by atoms with Gasteiger partial charge >= 0.3 is 5.97 Å². The predicted molar refractivity (Wildman–Crippen MR) is 92.1 cm³/mol. The molecule has 2 atom stereocenters. The molecule has 1 aromatic rings.